The van der Waals surface area contributed by atoms with Gasteiger partial charge in [0.1, 0.15) is 11.6 Å². The zero-order valence-electron chi connectivity index (χ0n) is 16.0. The smallest absolute Gasteiger partial charge is 0.338 e. The molecule has 1 atom stereocenters. The molecule has 0 spiro atoms. The molecule has 0 aliphatic rings. The average Bonchev–Trinajstić information content (AvgIpc) is 2.73. The number of hydrogen-bond donors (Lipinski definition) is 1. The van der Waals surface area contributed by atoms with Crippen LogP contribution < -0.4 is 5.32 Å². The molecule has 11 heteroatoms. The van der Waals surface area contributed by atoms with E-state index < -0.39 is 56.8 Å². The second-order valence-electron chi connectivity index (χ2n) is 6.21. The summed E-state index contributed by atoms with van der Waals surface area (Å²) >= 11 is 0. The van der Waals surface area contributed by atoms with Crippen molar-refractivity contribution < 1.29 is 37.6 Å². The van der Waals surface area contributed by atoms with Gasteiger partial charge in [0.05, 0.1) is 24.7 Å². The maximum atomic E-state index is 14.3. The van der Waals surface area contributed by atoms with Gasteiger partial charge in [-0.25, -0.2) is 18.4 Å². The van der Waals surface area contributed by atoms with E-state index in [1.165, 1.54) is 0 Å². The summed E-state index contributed by atoms with van der Waals surface area (Å²) in [5.41, 5.74) is -4.00. The predicted octanol–water partition coefficient (Wildman–Crippen LogP) is 2.48. The Bertz CT molecular complexity index is 1040. The van der Waals surface area contributed by atoms with Crippen molar-refractivity contribution >= 4 is 23.5 Å². The van der Waals surface area contributed by atoms with Gasteiger partial charge >= 0.3 is 11.9 Å². The molecule has 0 saturated carbocycles. The topological polar surface area (TPSA) is 125 Å². The second kappa shape index (κ2) is 8.64. The van der Waals surface area contributed by atoms with Gasteiger partial charge in [-0.15, -0.1) is 0 Å². The third-order valence-corrected chi connectivity index (χ3v) is 4.24. The third-order valence-electron chi connectivity index (χ3n) is 4.24. The van der Waals surface area contributed by atoms with Crippen LogP contribution in [-0.4, -0.2) is 37.0 Å². The summed E-state index contributed by atoms with van der Waals surface area (Å²) in [7, 11) is 2.02. The highest BCUT2D eigenvalue weighted by atomic mass is 19.1. The highest BCUT2D eigenvalue weighted by Crippen LogP contribution is 2.27. The van der Waals surface area contributed by atoms with Crippen LogP contribution in [0.3, 0.4) is 0 Å². The molecule has 0 aliphatic carbocycles. The van der Waals surface area contributed by atoms with Crippen LogP contribution >= 0.6 is 0 Å². The number of carbonyl (C=O) groups is 3. The Morgan fingerprint density at radius 2 is 1.67 bits per heavy atom. The Balaban J connectivity index is 2.57. The van der Waals surface area contributed by atoms with E-state index in [0.29, 0.717) is 6.07 Å². The minimum absolute atomic E-state index is 0.298. The number of esters is 2. The van der Waals surface area contributed by atoms with E-state index in [1.807, 2.05) is 0 Å². The largest absolute Gasteiger partial charge is 0.467 e. The number of rotatable bonds is 6. The van der Waals surface area contributed by atoms with E-state index in [9.17, 15) is 33.3 Å². The second-order valence-corrected chi connectivity index (χ2v) is 6.21. The van der Waals surface area contributed by atoms with Gasteiger partial charge in [0.2, 0.25) is 0 Å². The molecule has 2 rings (SSSR count). The molecular formula is C19H16F2N2O7. The summed E-state index contributed by atoms with van der Waals surface area (Å²) in [5, 5.41) is 13.3. The summed E-state index contributed by atoms with van der Waals surface area (Å²) < 4.78 is 37.1. The van der Waals surface area contributed by atoms with Crippen molar-refractivity contribution in [2.75, 3.05) is 14.2 Å². The first kappa shape index (κ1) is 22.4. The number of ether oxygens (including phenoxy) is 2. The molecule has 9 nitrogen and oxygen atoms in total. The van der Waals surface area contributed by atoms with Gasteiger partial charge in [-0.05, 0) is 31.2 Å². The Morgan fingerprint density at radius 3 is 2.23 bits per heavy atom. The lowest BCUT2D eigenvalue weighted by Crippen LogP contribution is -2.50. The number of nitrogens with one attached hydrogen (secondary N) is 1. The van der Waals surface area contributed by atoms with Crippen LogP contribution in [0, 0.1) is 21.7 Å². The molecule has 0 heterocycles. The van der Waals surface area contributed by atoms with Crippen molar-refractivity contribution in [2.45, 2.75) is 12.5 Å². The number of carbonyl (C=O) groups excluding carboxylic acids is 3. The fraction of sp³-hybridized carbons (Fsp3) is 0.211. The molecule has 0 aliphatic heterocycles. The fourth-order valence-corrected chi connectivity index (χ4v) is 2.70. The lowest BCUT2D eigenvalue weighted by Gasteiger charge is -2.29. The first-order valence-corrected chi connectivity index (χ1v) is 8.27. The highest BCUT2D eigenvalue weighted by molar-refractivity contribution is 6.01. The van der Waals surface area contributed by atoms with E-state index in [2.05, 4.69) is 14.8 Å². The molecule has 0 saturated heterocycles. The summed E-state index contributed by atoms with van der Waals surface area (Å²) in [6, 6.07) is 5.03. The van der Waals surface area contributed by atoms with Crippen molar-refractivity contribution in [3.05, 3.63) is 74.8 Å². The average molecular weight is 422 g/mol. The molecule has 0 unspecified atom stereocenters. The SMILES string of the molecule is COC(=O)c1cc(C(=O)N[C@](C)(C(=O)OC)c2cc(F)ccc2F)cc([N+](=O)[O-])c1. The number of non-ortho nitro benzene ring substituents is 1. The quantitative estimate of drug-likeness (QED) is 0.431. The Kier molecular flexibility index (Phi) is 6.45. The van der Waals surface area contributed by atoms with Gasteiger partial charge in [0, 0.05) is 23.3 Å². The normalized spacial score (nSPS) is 12.4. The van der Waals surface area contributed by atoms with Crippen molar-refractivity contribution in [3.63, 3.8) is 0 Å². The van der Waals surface area contributed by atoms with Crippen molar-refractivity contribution in [1.82, 2.24) is 5.32 Å². The first-order chi connectivity index (χ1) is 14.0. The summed E-state index contributed by atoms with van der Waals surface area (Å²) in [6.45, 7) is 1.08. The molecule has 2 aromatic carbocycles. The number of nitro groups is 1. The van der Waals surface area contributed by atoms with Crippen LogP contribution in [-0.2, 0) is 19.8 Å². The predicted molar refractivity (Wildman–Crippen MR) is 97.6 cm³/mol. The summed E-state index contributed by atoms with van der Waals surface area (Å²) in [6.07, 6.45) is 0. The fourth-order valence-electron chi connectivity index (χ4n) is 2.70. The molecule has 2 aromatic rings. The molecule has 0 fully saturated rings. The van der Waals surface area contributed by atoms with Crippen molar-refractivity contribution in [1.29, 1.82) is 0 Å². The molecule has 1 N–H and O–H groups in total. The minimum atomic E-state index is -2.19. The number of methoxy groups -OCH3 is 2. The van der Waals surface area contributed by atoms with Gasteiger partial charge in [-0.3, -0.25) is 14.9 Å². The highest BCUT2D eigenvalue weighted by Gasteiger charge is 2.41. The molecule has 0 bridgehead atoms. The number of amides is 1. The zero-order valence-corrected chi connectivity index (χ0v) is 16.0. The van der Waals surface area contributed by atoms with Gasteiger partial charge in [0.15, 0.2) is 5.54 Å². The number of nitrogens with zero attached hydrogens (tertiary/aromatic N) is 1. The molecular weight excluding hydrogens is 406 g/mol. The van der Waals surface area contributed by atoms with Crippen molar-refractivity contribution in [2.24, 2.45) is 0 Å². The van der Waals surface area contributed by atoms with Crippen LogP contribution in [0.4, 0.5) is 14.5 Å². The first-order valence-electron chi connectivity index (χ1n) is 8.27. The molecule has 0 radical (unpaired) electrons. The zero-order chi connectivity index (χ0) is 22.6. The Labute approximate surface area is 168 Å². The molecule has 1 amide bonds. The molecule has 0 aromatic heterocycles. The van der Waals surface area contributed by atoms with Gasteiger partial charge < -0.3 is 14.8 Å². The van der Waals surface area contributed by atoms with E-state index in [4.69, 9.17) is 0 Å². The van der Waals surface area contributed by atoms with E-state index in [1.54, 1.807) is 0 Å². The van der Waals surface area contributed by atoms with Crippen molar-refractivity contribution in [3.8, 4) is 0 Å². The van der Waals surface area contributed by atoms with Crippen LogP contribution in [0.25, 0.3) is 0 Å². The van der Waals surface area contributed by atoms with Crippen LogP contribution in [0.15, 0.2) is 36.4 Å². The number of hydrogen-bond acceptors (Lipinski definition) is 7. The number of nitro benzene ring substituents is 1. The molecule has 158 valence electrons. The monoisotopic (exact) mass is 422 g/mol. The molecule has 30 heavy (non-hydrogen) atoms. The van der Waals surface area contributed by atoms with Crippen LogP contribution in [0.5, 0.6) is 0 Å². The summed E-state index contributed by atoms with van der Waals surface area (Å²) in [5.74, 6) is -5.03. The maximum Gasteiger partial charge on any atom is 0.338 e. The van der Waals surface area contributed by atoms with Gasteiger partial charge in [0.25, 0.3) is 11.6 Å². The number of halogens is 2. The lowest BCUT2D eigenvalue weighted by molar-refractivity contribution is -0.384. The van der Waals surface area contributed by atoms with Crippen LogP contribution in [0.2, 0.25) is 0 Å². The Morgan fingerprint density at radius 1 is 1.03 bits per heavy atom. The lowest BCUT2D eigenvalue weighted by atomic mass is 9.90. The van der Waals surface area contributed by atoms with Gasteiger partial charge in [-0.1, -0.05) is 0 Å². The third kappa shape index (κ3) is 4.40. The van der Waals surface area contributed by atoms with E-state index in [0.717, 1.165) is 51.5 Å². The minimum Gasteiger partial charge on any atom is -0.467 e. The summed E-state index contributed by atoms with van der Waals surface area (Å²) in [4.78, 5) is 47.2. The van der Waals surface area contributed by atoms with E-state index in [-0.39, 0.29) is 5.56 Å². The van der Waals surface area contributed by atoms with E-state index >= 15 is 0 Å². The Hall–Kier alpha value is -3.89. The standard InChI is InChI=1S/C19H16F2N2O7/c1-19(18(26)30-3,14-9-12(20)4-5-15(14)21)22-16(24)10-6-11(17(25)29-2)8-13(7-10)23(27)28/h4-9H,1-3H3,(H,22,24)/t19-/m0/s1. The maximum absolute atomic E-state index is 14.3. The van der Waals surface area contributed by atoms with Crippen LogP contribution in [0.1, 0.15) is 33.2 Å². The number of benzene rings is 2. The van der Waals surface area contributed by atoms with Gasteiger partial charge in [-0.2, -0.15) is 0 Å².